The maximum atomic E-state index is 13.8. The zero-order valence-electron chi connectivity index (χ0n) is 19.6. The summed E-state index contributed by atoms with van der Waals surface area (Å²) in [7, 11) is 0. The Morgan fingerprint density at radius 2 is 1.60 bits per heavy atom. The van der Waals surface area contributed by atoms with Gasteiger partial charge in [0.1, 0.15) is 12.1 Å². The Morgan fingerprint density at radius 3 is 2.31 bits per heavy atom. The minimum absolute atomic E-state index is 0.139. The highest BCUT2D eigenvalue weighted by Gasteiger charge is 2.49. The predicted octanol–water partition coefficient (Wildman–Crippen LogP) is 5.93. The molecule has 1 saturated carbocycles. The molecule has 6 heteroatoms. The van der Waals surface area contributed by atoms with Crippen molar-refractivity contribution in [2.75, 3.05) is 0 Å². The van der Waals surface area contributed by atoms with E-state index in [1.165, 1.54) is 0 Å². The van der Waals surface area contributed by atoms with Crippen molar-refractivity contribution in [2.45, 2.75) is 43.9 Å². The van der Waals surface area contributed by atoms with Crippen molar-refractivity contribution in [2.24, 2.45) is 0 Å². The minimum Gasteiger partial charge on any atom is -0.445 e. The number of hydrogen-bond acceptors (Lipinski definition) is 4. The quantitative estimate of drug-likeness (QED) is 0.326. The minimum atomic E-state index is -1.19. The van der Waals surface area contributed by atoms with E-state index in [4.69, 9.17) is 4.74 Å². The lowest BCUT2D eigenvalue weighted by atomic mass is 9.90. The van der Waals surface area contributed by atoms with E-state index < -0.39 is 11.6 Å². The molecule has 2 N–H and O–H groups in total. The summed E-state index contributed by atoms with van der Waals surface area (Å²) in [6, 6.07) is 27.6. The van der Waals surface area contributed by atoms with Crippen LogP contribution in [0, 0.1) is 0 Å². The summed E-state index contributed by atoms with van der Waals surface area (Å²) >= 11 is 1.64. The van der Waals surface area contributed by atoms with Crippen molar-refractivity contribution >= 4 is 33.4 Å². The molecule has 0 radical (unpaired) electrons. The van der Waals surface area contributed by atoms with Gasteiger partial charge in [-0.2, -0.15) is 0 Å². The van der Waals surface area contributed by atoms with Crippen LogP contribution in [0.25, 0.3) is 10.1 Å². The van der Waals surface area contributed by atoms with Gasteiger partial charge in [-0.3, -0.25) is 4.79 Å². The number of rotatable bonds is 8. The van der Waals surface area contributed by atoms with Crippen LogP contribution in [0.1, 0.15) is 36.5 Å². The second-order valence-electron chi connectivity index (χ2n) is 9.35. The third-order valence-electron chi connectivity index (χ3n) is 6.63. The number of thiophene rings is 1. The van der Waals surface area contributed by atoms with Crippen LogP contribution in [0.2, 0.25) is 0 Å². The standard InChI is InChI=1S/C29H28N2O3S/c1-28(18-22-20-35-25-15-9-8-14-24(22)25,31-27(33)34-19-21-10-4-2-5-11-21)26(32)30-29(16-17-29)23-12-6-3-7-13-23/h2-15,20H,16-19H2,1H3,(H,30,32)(H,31,33). The Labute approximate surface area is 209 Å². The van der Waals surface area contributed by atoms with E-state index in [1.807, 2.05) is 72.8 Å². The first-order valence-corrected chi connectivity index (χ1v) is 12.7. The van der Waals surface area contributed by atoms with Crippen LogP contribution in [0.15, 0.2) is 90.3 Å². The first-order valence-electron chi connectivity index (χ1n) is 11.8. The van der Waals surface area contributed by atoms with Crippen molar-refractivity contribution in [1.29, 1.82) is 0 Å². The molecular formula is C29H28N2O3S. The Hall–Kier alpha value is -3.64. The number of hydrogen-bond donors (Lipinski definition) is 2. The Kier molecular flexibility index (Phi) is 6.31. The highest BCUT2D eigenvalue weighted by molar-refractivity contribution is 7.17. The fraction of sp³-hybridized carbons (Fsp3) is 0.241. The first-order chi connectivity index (χ1) is 17.0. The van der Waals surface area contributed by atoms with Gasteiger partial charge in [0.05, 0.1) is 5.54 Å². The average Bonchev–Trinajstić information content (AvgIpc) is 3.57. The molecule has 4 aromatic rings. The number of carbonyl (C=O) groups excluding carboxylic acids is 2. The lowest BCUT2D eigenvalue weighted by molar-refractivity contribution is -0.128. The molecule has 5 rings (SSSR count). The highest BCUT2D eigenvalue weighted by Crippen LogP contribution is 2.45. The number of ether oxygens (including phenoxy) is 1. The zero-order valence-corrected chi connectivity index (χ0v) is 20.4. The van der Waals surface area contributed by atoms with Crippen LogP contribution in [0.5, 0.6) is 0 Å². The summed E-state index contributed by atoms with van der Waals surface area (Å²) in [6.07, 6.45) is 1.49. The number of alkyl carbamates (subject to hydrolysis) is 1. The van der Waals surface area contributed by atoms with Gasteiger partial charge in [-0.1, -0.05) is 78.9 Å². The summed E-state index contributed by atoms with van der Waals surface area (Å²) in [4.78, 5) is 26.7. The molecule has 0 saturated heterocycles. The molecule has 1 fully saturated rings. The van der Waals surface area contributed by atoms with Gasteiger partial charge in [-0.15, -0.1) is 11.3 Å². The number of amides is 2. The van der Waals surface area contributed by atoms with Crippen LogP contribution < -0.4 is 10.6 Å². The first kappa shape index (κ1) is 23.1. The van der Waals surface area contributed by atoms with Crippen LogP contribution in [-0.4, -0.2) is 17.5 Å². The third-order valence-corrected chi connectivity index (χ3v) is 7.64. The monoisotopic (exact) mass is 484 g/mol. The molecule has 0 spiro atoms. The van der Waals surface area contributed by atoms with Gasteiger partial charge in [0.15, 0.2) is 0 Å². The highest BCUT2D eigenvalue weighted by atomic mass is 32.1. The van der Waals surface area contributed by atoms with Gasteiger partial charge in [0.2, 0.25) is 5.91 Å². The molecule has 1 atom stereocenters. The normalized spacial score (nSPS) is 15.7. The lowest BCUT2D eigenvalue weighted by Gasteiger charge is -2.32. The van der Waals surface area contributed by atoms with Gasteiger partial charge in [0.25, 0.3) is 0 Å². The average molecular weight is 485 g/mol. The molecule has 1 aliphatic rings. The van der Waals surface area contributed by atoms with E-state index >= 15 is 0 Å². The van der Waals surface area contributed by atoms with Crippen molar-refractivity contribution in [1.82, 2.24) is 10.6 Å². The van der Waals surface area contributed by atoms with Crippen molar-refractivity contribution < 1.29 is 14.3 Å². The summed E-state index contributed by atoms with van der Waals surface area (Å²) in [5, 5.41) is 9.32. The SMILES string of the molecule is CC(Cc1csc2ccccc12)(NC(=O)OCc1ccccc1)C(=O)NC1(c2ccccc2)CC1. The van der Waals surface area contributed by atoms with Crippen molar-refractivity contribution in [3.63, 3.8) is 0 Å². The molecule has 1 aliphatic carbocycles. The van der Waals surface area contributed by atoms with E-state index in [0.717, 1.165) is 39.6 Å². The smallest absolute Gasteiger partial charge is 0.408 e. The third kappa shape index (κ3) is 5.08. The van der Waals surface area contributed by atoms with E-state index in [0.29, 0.717) is 6.42 Å². The summed E-state index contributed by atoms with van der Waals surface area (Å²) in [5.74, 6) is -0.217. The maximum absolute atomic E-state index is 13.8. The Morgan fingerprint density at radius 1 is 0.943 bits per heavy atom. The van der Waals surface area contributed by atoms with E-state index in [2.05, 4.69) is 28.1 Å². The van der Waals surface area contributed by atoms with Crippen LogP contribution >= 0.6 is 11.3 Å². The fourth-order valence-corrected chi connectivity index (χ4v) is 5.40. The van der Waals surface area contributed by atoms with Gasteiger partial charge in [-0.25, -0.2) is 4.79 Å². The summed E-state index contributed by atoms with van der Waals surface area (Å²) in [5.41, 5.74) is 1.42. The molecule has 1 heterocycles. The molecule has 178 valence electrons. The zero-order chi connectivity index (χ0) is 24.3. The van der Waals surface area contributed by atoms with Gasteiger partial charge in [-0.05, 0) is 53.3 Å². The molecule has 1 unspecified atom stereocenters. The molecular weight excluding hydrogens is 456 g/mol. The molecule has 1 aromatic heterocycles. The maximum Gasteiger partial charge on any atom is 0.408 e. The van der Waals surface area contributed by atoms with Gasteiger partial charge >= 0.3 is 6.09 Å². The van der Waals surface area contributed by atoms with Crippen molar-refractivity contribution in [3.05, 3.63) is 107 Å². The van der Waals surface area contributed by atoms with Gasteiger partial charge in [0, 0.05) is 11.1 Å². The number of nitrogens with one attached hydrogen (secondary N) is 2. The van der Waals surface area contributed by atoms with E-state index in [-0.39, 0.29) is 18.1 Å². The predicted molar refractivity (Wildman–Crippen MR) is 139 cm³/mol. The van der Waals surface area contributed by atoms with E-state index in [9.17, 15) is 9.59 Å². The van der Waals surface area contributed by atoms with Crippen LogP contribution in [0.3, 0.4) is 0 Å². The second kappa shape index (κ2) is 9.55. The topological polar surface area (TPSA) is 67.4 Å². The van der Waals surface area contributed by atoms with Crippen LogP contribution in [-0.2, 0) is 28.1 Å². The second-order valence-corrected chi connectivity index (χ2v) is 10.3. The Balaban J connectivity index is 1.38. The molecule has 2 amide bonds. The van der Waals surface area contributed by atoms with Crippen LogP contribution in [0.4, 0.5) is 4.79 Å². The van der Waals surface area contributed by atoms with E-state index in [1.54, 1.807) is 18.3 Å². The molecule has 5 nitrogen and oxygen atoms in total. The summed E-state index contributed by atoms with van der Waals surface area (Å²) < 4.78 is 6.64. The summed E-state index contributed by atoms with van der Waals surface area (Å²) in [6.45, 7) is 1.92. The van der Waals surface area contributed by atoms with Gasteiger partial charge < -0.3 is 15.4 Å². The number of benzene rings is 3. The molecule has 35 heavy (non-hydrogen) atoms. The number of fused-ring (bicyclic) bond motifs is 1. The number of carbonyl (C=O) groups is 2. The molecule has 0 aliphatic heterocycles. The largest absolute Gasteiger partial charge is 0.445 e. The van der Waals surface area contributed by atoms with Crippen molar-refractivity contribution in [3.8, 4) is 0 Å². The lowest BCUT2D eigenvalue weighted by Crippen LogP contribution is -2.60. The molecule has 0 bridgehead atoms. The molecule has 3 aromatic carbocycles. The fourth-order valence-electron chi connectivity index (χ4n) is 4.44. The Bertz CT molecular complexity index is 1330.